The zero-order valence-electron chi connectivity index (χ0n) is 18.0. The molecular formula is C23H33N3O4S. The molecule has 1 aromatic carbocycles. The molecular weight excluding hydrogens is 414 g/mol. The van der Waals surface area contributed by atoms with E-state index in [9.17, 15) is 18.0 Å². The lowest BCUT2D eigenvalue weighted by atomic mass is 9.95. The predicted molar refractivity (Wildman–Crippen MR) is 119 cm³/mol. The number of amides is 2. The van der Waals surface area contributed by atoms with E-state index in [-0.39, 0.29) is 41.3 Å². The number of piperidine rings is 2. The summed E-state index contributed by atoms with van der Waals surface area (Å²) in [5.74, 6) is -0.202. The van der Waals surface area contributed by atoms with E-state index in [1.165, 1.54) is 6.42 Å². The van der Waals surface area contributed by atoms with E-state index in [0.717, 1.165) is 44.3 Å². The van der Waals surface area contributed by atoms with Gasteiger partial charge in [-0.05, 0) is 44.3 Å². The predicted octanol–water partition coefficient (Wildman–Crippen LogP) is 1.24. The number of nitrogens with one attached hydrogen (secondary N) is 1. The normalized spacial score (nSPS) is 28.9. The monoisotopic (exact) mass is 447 g/mol. The number of hydrogen-bond donors (Lipinski definition) is 1. The van der Waals surface area contributed by atoms with Gasteiger partial charge in [0, 0.05) is 19.1 Å². The molecule has 31 heavy (non-hydrogen) atoms. The van der Waals surface area contributed by atoms with Crippen molar-refractivity contribution >= 4 is 21.7 Å². The van der Waals surface area contributed by atoms with E-state index in [0.29, 0.717) is 19.5 Å². The molecule has 2 amide bonds. The third kappa shape index (κ3) is 5.66. The van der Waals surface area contributed by atoms with Crippen LogP contribution >= 0.6 is 0 Å². The number of sulfone groups is 1. The summed E-state index contributed by atoms with van der Waals surface area (Å²) >= 11 is 0. The van der Waals surface area contributed by atoms with Crippen molar-refractivity contribution < 1.29 is 18.0 Å². The third-order valence-corrected chi connectivity index (χ3v) is 8.57. The van der Waals surface area contributed by atoms with Gasteiger partial charge >= 0.3 is 0 Å². The Morgan fingerprint density at radius 2 is 1.71 bits per heavy atom. The third-order valence-electron chi connectivity index (χ3n) is 6.85. The highest BCUT2D eigenvalue weighted by molar-refractivity contribution is 7.91. The Bertz CT molecular complexity index is 883. The standard InChI is InChI=1S/C23H33N3O4S/c27-22(14-18-8-3-1-4-9-18)26-13-7-10-19(15-26)23(28)24-20-16-31(29,30)17-21(20)25-11-5-2-6-12-25/h1,3-4,8-9,19-21H,2,5-7,10-17H2,(H,24,28)/t19-,20+,21+/m0/s1. The second-order valence-electron chi connectivity index (χ2n) is 9.20. The van der Waals surface area contributed by atoms with Gasteiger partial charge in [-0.25, -0.2) is 8.42 Å². The maximum absolute atomic E-state index is 13.1. The number of benzene rings is 1. The van der Waals surface area contributed by atoms with Crippen molar-refractivity contribution in [2.45, 2.75) is 50.6 Å². The van der Waals surface area contributed by atoms with Crippen molar-refractivity contribution in [3.05, 3.63) is 35.9 Å². The van der Waals surface area contributed by atoms with E-state index >= 15 is 0 Å². The molecule has 0 radical (unpaired) electrons. The molecule has 0 aliphatic carbocycles. The minimum atomic E-state index is -3.15. The van der Waals surface area contributed by atoms with Crippen LogP contribution in [0.5, 0.6) is 0 Å². The average molecular weight is 448 g/mol. The largest absolute Gasteiger partial charge is 0.350 e. The van der Waals surface area contributed by atoms with Crippen LogP contribution in [0.2, 0.25) is 0 Å². The van der Waals surface area contributed by atoms with Gasteiger partial charge in [-0.2, -0.15) is 0 Å². The molecule has 3 saturated heterocycles. The number of rotatable bonds is 5. The summed E-state index contributed by atoms with van der Waals surface area (Å²) in [7, 11) is -3.15. The van der Waals surface area contributed by atoms with Crippen molar-refractivity contribution in [3.63, 3.8) is 0 Å². The molecule has 170 valence electrons. The summed E-state index contributed by atoms with van der Waals surface area (Å²) in [5, 5.41) is 3.06. The van der Waals surface area contributed by atoms with Crippen molar-refractivity contribution in [1.29, 1.82) is 0 Å². The second kappa shape index (κ2) is 9.69. The van der Waals surface area contributed by atoms with Gasteiger partial charge in [-0.1, -0.05) is 36.8 Å². The lowest BCUT2D eigenvalue weighted by molar-refractivity contribution is -0.135. The van der Waals surface area contributed by atoms with Gasteiger partial charge in [0.25, 0.3) is 0 Å². The fourth-order valence-corrected chi connectivity index (χ4v) is 7.13. The molecule has 4 rings (SSSR count). The minimum Gasteiger partial charge on any atom is -0.350 e. The van der Waals surface area contributed by atoms with Crippen molar-refractivity contribution in [2.75, 3.05) is 37.7 Å². The second-order valence-corrected chi connectivity index (χ2v) is 11.4. The van der Waals surface area contributed by atoms with E-state index in [4.69, 9.17) is 0 Å². The molecule has 0 bridgehead atoms. The highest BCUT2D eigenvalue weighted by atomic mass is 32.2. The first-order valence-corrected chi connectivity index (χ1v) is 13.3. The number of carbonyl (C=O) groups is 2. The van der Waals surface area contributed by atoms with Crippen molar-refractivity contribution in [2.24, 2.45) is 5.92 Å². The zero-order valence-corrected chi connectivity index (χ0v) is 18.9. The van der Waals surface area contributed by atoms with Gasteiger partial charge in [-0.3, -0.25) is 14.5 Å². The summed E-state index contributed by atoms with van der Waals surface area (Å²) in [5.41, 5.74) is 0.972. The fraction of sp³-hybridized carbons (Fsp3) is 0.652. The maximum Gasteiger partial charge on any atom is 0.227 e. The molecule has 0 spiro atoms. The van der Waals surface area contributed by atoms with E-state index in [1.807, 2.05) is 30.3 Å². The molecule has 3 fully saturated rings. The molecule has 0 unspecified atom stereocenters. The van der Waals surface area contributed by atoms with E-state index in [1.54, 1.807) is 4.90 Å². The number of carbonyl (C=O) groups excluding carboxylic acids is 2. The molecule has 7 nitrogen and oxygen atoms in total. The highest BCUT2D eigenvalue weighted by Crippen LogP contribution is 2.24. The van der Waals surface area contributed by atoms with Gasteiger partial charge in [0.1, 0.15) is 0 Å². The average Bonchev–Trinajstić information content (AvgIpc) is 3.09. The molecule has 3 heterocycles. The van der Waals surface area contributed by atoms with Gasteiger partial charge in [0.15, 0.2) is 9.84 Å². The molecule has 3 atom stereocenters. The maximum atomic E-state index is 13.1. The molecule has 3 aliphatic heterocycles. The van der Waals surface area contributed by atoms with Crippen LogP contribution in [-0.4, -0.2) is 79.8 Å². The van der Waals surface area contributed by atoms with Crippen molar-refractivity contribution in [1.82, 2.24) is 15.1 Å². The number of likely N-dealkylation sites (tertiary alicyclic amines) is 2. The highest BCUT2D eigenvalue weighted by Gasteiger charge is 2.42. The van der Waals surface area contributed by atoms with Crippen molar-refractivity contribution in [3.8, 4) is 0 Å². The SMILES string of the molecule is O=C(N[C@@H]1CS(=O)(=O)C[C@H]1N1CCCCC1)[C@H]1CCCN(C(=O)Cc2ccccc2)C1. The summed E-state index contributed by atoms with van der Waals surface area (Å²) < 4.78 is 24.7. The Kier molecular flexibility index (Phi) is 6.96. The van der Waals surface area contributed by atoms with Gasteiger partial charge in [0.05, 0.1) is 29.9 Å². The first kappa shape index (κ1) is 22.3. The first-order chi connectivity index (χ1) is 14.9. The van der Waals surface area contributed by atoms with E-state index < -0.39 is 9.84 Å². The Labute approximate surface area is 185 Å². The number of hydrogen-bond acceptors (Lipinski definition) is 5. The Hall–Kier alpha value is -1.93. The van der Waals surface area contributed by atoms with Crippen LogP contribution < -0.4 is 5.32 Å². The summed E-state index contributed by atoms with van der Waals surface area (Å²) in [6, 6.07) is 9.16. The molecule has 0 saturated carbocycles. The lowest BCUT2D eigenvalue weighted by Crippen LogP contribution is -2.55. The van der Waals surface area contributed by atoms with Crippen LogP contribution in [0.15, 0.2) is 30.3 Å². The van der Waals surface area contributed by atoms with Crippen LogP contribution in [0.25, 0.3) is 0 Å². The zero-order chi connectivity index (χ0) is 21.8. The van der Waals surface area contributed by atoms with Crippen LogP contribution in [0.1, 0.15) is 37.7 Å². The molecule has 8 heteroatoms. The first-order valence-electron chi connectivity index (χ1n) is 11.5. The smallest absolute Gasteiger partial charge is 0.227 e. The summed E-state index contributed by atoms with van der Waals surface area (Å²) in [6.07, 6.45) is 5.21. The van der Waals surface area contributed by atoms with Crippen LogP contribution in [0, 0.1) is 5.92 Å². The van der Waals surface area contributed by atoms with Crippen LogP contribution in [0.4, 0.5) is 0 Å². The van der Waals surface area contributed by atoms with Gasteiger partial charge < -0.3 is 10.2 Å². The molecule has 1 aromatic rings. The van der Waals surface area contributed by atoms with Gasteiger partial charge in [0.2, 0.25) is 11.8 Å². The summed E-state index contributed by atoms with van der Waals surface area (Å²) in [6.45, 7) is 2.88. The Balaban J connectivity index is 1.36. The fourth-order valence-electron chi connectivity index (χ4n) is 5.18. The molecule has 0 aromatic heterocycles. The number of nitrogens with zero attached hydrogens (tertiary/aromatic N) is 2. The van der Waals surface area contributed by atoms with Crippen LogP contribution in [0.3, 0.4) is 0 Å². The molecule has 1 N–H and O–H groups in total. The minimum absolute atomic E-state index is 0.0171. The van der Waals surface area contributed by atoms with E-state index in [2.05, 4.69) is 10.2 Å². The molecule has 3 aliphatic rings. The van der Waals surface area contributed by atoms with Gasteiger partial charge in [-0.15, -0.1) is 0 Å². The topological polar surface area (TPSA) is 86.8 Å². The summed E-state index contributed by atoms with van der Waals surface area (Å²) in [4.78, 5) is 29.8. The Morgan fingerprint density at radius 1 is 0.968 bits per heavy atom. The lowest BCUT2D eigenvalue weighted by Gasteiger charge is -2.36. The van der Waals surface area contributed by atoms with Crippen LogP contribution in [-0.2, 0) is 25.8 Å². The Morgan fingerprint density at radius 3 is 2.45 bits per heavy atom. The quantitative estimate of drug-likeness (QED) is 0.734.